The van der Waals surface area contributed by atoms with E-state index in [4.69, 9.17) is 4.74 Å². The monoisotopic (exact) mass is 369 g/mol. The second kappa shape index (κ2) is 9.32. The fraction of sp³-hybridized carbons (Fsp3) is 0.450. The summed E-state index contributed by atoms with van der Waals surface area (Å²) < 4.78 is 5.23. The van der Waals surface area contributed by atoms with E-state index in [0.717, 1.165) is 44.9 Å². The number of carbonyl (C=O) groups excluding carboxylic acids is 1. The number of nitrogens with zero attached hydrogens (tertiary/aromatic N) is 4. The minimum atomic E-state index is 0.00804. The highest BCUT2D eigenvalue weighted by Crippen LogP contribution is 2.13. The van der Waals surface area contributed by atoms with Crippen LogP contribution in [-0.4, -0.2) is 72.1 Å². The first-order valence-corrected chi connectivity index (χ1v) is 9.40. The predicted octanol–water partition coefficient (Wildman–Crippen LogP) is 1.92. The van der Waals surface area contributed by atoms with E-state index < -0.39 is 0 Å². The molecular weight excluding hydrogens is 342 g/mol. The van der Waals surface area contributed by atoms with Gasteiger partial charge in [0.15, 0.2) is 0 Å². The van der Waals surface area contributed by atoms with Gasteiger partial charge in [-0.05, 0) is 30.7 Å². The largest absolute Gasteiger partial charge is 0.497 e. The molecule has 2 heterocycles. The van der Waals surface area contributed by atoms with Gasteiger partial charge in [0.1, 0.15) is 5.75 Å². The number of aromatic nitrogens is 2. The minimum absolute atomic E-state index is 0.00804. The summed E-state index contributed by atoms with van der Waals surface area (Å²) in [4.78, 5) is 25.4. The number of benzene rings is 1. The minimum Gasteiger partial charge on any atom is -0.497 e. The summed E-state index contributed by atoms with van der Waals surface area (Å²) in [6.07, 6.45) is 4.05. The van der Waals surface area contributed by atoms with Crippen molar-refractivity contribution in [3.05, 3.63) is 47.8 Å². The first-order chi connectivity index (χ1) is 13.2. The third-order valence-electron chi connectivity index (χ3n) is 4.84. The van der Waals surface area contributed by atoms with Crippen molar-refractivity contribution in [3.63, 3.8) is 0 Å². The molecule has 0 aliphatic carbocycles. The molecule has 1 amide bonds. The smallest absolute Gasteiger partial charge is 0.257 e. The molecule has 1 aliphatic rings. The molecule has 7 nitrogen and oxygen atoms in total. The molecule has 1 aromatic heterocycles. The van der Waals surface area contributed by atoms with Gasteiger partial charge in [-0.2, -0.15) is 0 Å². The molecule has 1 N–H and O–H groups in total. The van der Waals surface area contributed by atoms with Crippen molar-refractivity contribution in [3.8, 4) is 5.75 Å². The number of anilines is 1. The fourth-order valence-corrected chi connectivity index (χ4v) is 3.13. The van der Waals surface area contributed by atoms with E-state index in [1.807, 2.05) is 23.1 Å². The van der Waals surface area contributed by atoms with Crippen LogP contribution in [0, 0.1) is 0 Å². The van der Waals surface area contributed by atoms with Gasteiger partial charge in [0, 0.05) is 45.1 Å². The van der Waals surface area contributed by atoms with Gasteiger partial charge in [-0.15, -0.1) is 0 Å². The Morgan fingerprint density at radius 3 is 2.59 bits per heavy atom. The topological polar surface area (TPSA) is 70.6 Å². The molecule has 0 spiro atoms. The van der Waals surface area contributed by atoms with Crippen molar-refractivity contribution in [2.24, 2.45) is 0 Å². The summed E-state index contributed by atoms with van der Waals surface area (Å²) in [5.41, 5.74) is 1.72. The summed E-state index contributed by atoms with van der Waals surface area (Å²) in [5.74, 6) is 1.39. The molecule has 2 aromatic rings. The Balaban J connectivity index is 1.49. The molecule has 1 aromatic carbocycles. The number of likely N-dealkylation sites (N-methyl/N-ethyl adjacent to an activating group) is 1. The average molecular weight is 369 g/mol. The van der Waals surface area contributed by atoms with E-state index in [9.17, 15) is 4.79 Å². The average Bonchev–Trinajstić information content (AvgIpc) is 2.74. The van der Waals surface area contributed by atoms with Gasteiger partial charge in [-0.1, -0.05) is 19.1 Å². The SMILES string of the molecule is CCN1CCN(C(=O)c2cnc(NCCc3cccc(OC)c3)nc2)CC1. The van der Waals surface area contributed by atoms with E-state index in [0.29, 0.717) is 18.1 Å². The molecule has 1 fully saturated rings. The van der Waals surface area contributed by atoms with Crippen LogP contribution in [0.1, 0.15) is 22.8 Å². The zero-order valence-corrected chi connectivity index (χ0v) is 16.0. The van der Waals surface area contributed by atoms with Gasteiger partial charge in [0.05, 0.1) is 12.7 Å². The second-order valence-electron chi connectivity index (χ2n) is 6.55. The molecule has 0 saturated carbocycles. The quantitative estimate of drug-likeness (QED) is 0.804. The lowest BCUT2D eigenvalue weighted by Crippen LogP contribution is -2.48. The highest BCUT2D eigenvalue weighted by molar-refractivity contribution is 5.93. The normalized spacial score (nSPS) is 14.8. The summed E-state index contributed by atoms with van der Waals surface area (Å²) in [6.45, 7) is 7.24. The predicted molar refractivity (Wildman–Crippen MR) is 105 cm³/mol. The molecule has 0 radical (unpaired) electrons. The Morgan fingerprint density at radius 1 is 1.19 bits per heavy atom. The van der Waals surface area contributed by atoms with Crippen LogP contribution < -0.4 is 10.1 Å². The number of nitrogens with one attached hydrogen (secondary N) is 1. The number of hydrogen-bond donors (Lipinski definition) is 1. The molecule has 7 heteroatoms. The zero-order valence-electron chi connectivity index (χ0n) is 16.0. The first-order valence-electron chi connectivity index (χ1n) is 9.40. The number of piperazine rings is 1. The Labute approximate surface area is 160 Å². The zero-order chi connectivity index (χ0) is 19.1. The number of carbonyl (C=O) groups is 1. The Kier molecular flexibility index (Phi) is 6.59. The summed E-state index contributed by atoms with van der Waals surface area (Å²) in [5, 5.41) is 3.20. The van der Waals surface area contributed by atoms with Gasteiger partial charge < -0.3 is 19.9 Å². The summed E-state index contributed by atoms with van der Waals surface area (Å²) in [7, 11) is 1.66. The van der Waals surface area contributed by atoms with Crippen molar-refractivity contribution in [1.29, 1.82) is 0 Å². The Bertz CT molecular complexity index is 742. The van der Waals surface area contributed by atoms with Crippen molar-refractivity contribution in [2.45, 2.75) is 13.3 Å². The lowest BCUT2D eigenvalue weighted by molar-refractivity contribution is 0.0642. The van der Waals surface area contributed by atoms with Crippen LogP contribution in [0.2, 0.25) is 0 Å². The molecule has 1 saturated heterocycles. The molecule has 0 unspecified atom stereocenters. The molecular formula is C20H27N5O2. The van der Waals surface area contributed by atoms with E-state index >= 15 is 0 Å². The van der Waals surface area contributed by atoms with Gasteiger partial charge in [-0.3, -0.25) is 4.79 Å². The van der Waals surface area contributed by atoms with Gasteiger partial charge in [0.25, 0.3) is 5.91 Å². The number of methoxy groups -OCH3 is 1. The van der Waals surface area contributed by atoms with E-state index in [1.54, 1.807) is 19.5 Å². The molecule has 1 aliphatic heterocycles. The van der Waals surface area contributed by atoms with Crippen LogP contribution in [0.15, 0.2) is 36.7 Å². The third kappa shape index (κ3) is 5.17. The second-order valence-corrected chi connectivity index (χ2v) is 6.55. The van der Waals surface area contributed by atoms with Crippen molar-refractivity contribution in [1.82, 2.24) is 19.8 Å². The van der Waals surface area contributed by atoms with Crippen molar-refractivity contribution in [2.75, 3.05) is 51.7 Å². The number of hydrogen-bond acceptors (Lipinski definition) is 6. The van der Waals surface area contributed by atoms with Crippen LogP contribution in [-0.2, 0) is 6.42 Å². The summed E-state index contributed by atoms with van der Waals surface area (Å²) in [6, 6.07) is 7.98. The van der Waals surface area contributed by atoms with Gasteiger partial charge in [0.2, 0.25) is 5.95 Å². The fourth-order valence-electron chi connectivity index (χ4n) is 3.13. The Morgan fingerprint density at radius 2 is 1.93 bits per heavy atom. The van der Waals surface area contributed by atoms with E-state index in [1.165, 1.54) is 5.56 Å². The lowest BCUT2D eigenvalue weighted by atomic mass is 10.1. The van der Waals surface area contributed by atoms with E-state index in [2.05, 4.69) is 33.2 Å². The maximum atomic E-state index is 12.6. The van der Waals surface area contributed by atoms with Crippen molar-refractivity contribution >= 4 is 11.9 Å². The molecule has 3 rings (SSSR count). The highest BCUT2D eigenvalue weighted by Gasteiger charge is 2.21. The molecule has 0 atom stereocenters. The maximum Gasteiger partial charge on any atom is 0.257 e. The van der Waals surface area contributed by atoms with E-state index in [-0.39, 0.29) is 5.91 Å². The Hall–Kier alpha value is -2.67. The van der Waals surface area contributed by atoms with Crippen LogP contribution >= 0.6 is 0 Å². The maximum absolute atomic E-state index is 12.6. The standard InChI is InChI=1S/C20H27N5O2/c1-3-24-9-11-25(12-10-24)19(26)17-14-22-20(23-15-17)21-8-7-16-5-4-6-18(13-16)27-2/h4-6,13-15H,3,7-12H2,1-2H3,(H,21,22,23). The van der Waals surface area contributed by atoms with Gasteiger partial charge >= 0.3 is 0 Å². The number of rotatable bonds is 7. The van der Waals surface area contributed by atoms with Gasteiger partial charge in [-0.25, -0.2) is 9.97 Å². The first kappa shape index (κ1) is 19.1. The third-order valence-corrected chi connectivity index (χ3v) is 4.84. The summed E-state index contributed by atoms with van der Waals surface area (Å²) >= 11 is 0. The van der Waals surface area contributed by atoms with Crippen LogP contribution in [0.4, 0.5) is 5.95 Å². The molecule has 0 bridgehead atoms. The lowest BCUT2D eigenvalue weighted by Gasteiger charge is -2.33. The van der Waals surface area contributed by atoms with Crippen LogP contribution in [0.3, 0.4) is 0 Å². The van der Waals surface area contributed by atoms with Crippen LogP contribution in [0.25, 0.3) is 0 Å². The molecule has 27 heavy (non-hydrogen) atoms. The van der Waals surface area contributed by atoms with Crippen LogP contribution in [0.5, 0.6) is 5.75 Å². The highest BCUT2D eigenvalue weighted by atomic mass is 16.5. The number of amides is 1. The van der Waals surface area contributed by atoms with Crippen molar-refractivity contribution < 1.29 is 9.53 Å². The molecule has 144 valence electrons. The number of ether oxygens (including phenoxy) is 1.